The third kappa shape index (κ3) is 1.59. The van der Waals surface area contributed by atoms with Crippen molar-refractivity contribution in [2.24, 2.45) is 23.7 Å². The highest BCUT2D eigenvalue weighted by atomic mass is 16.5. The number of carbonyl (C=O) groups excluding carboxylic acids is 2. The van der Waals surface area contributed by atoms with Crippen molar-refractivity contribution in [3.8, 4) is 11.5 Å². The number of anilines is 1. The molecule has 0 N–H and O–H groups in total. The molecule has 0 radical (unpaired) electrons. The summed E-state index contributed by atoms with van der Waals surface area (Å²) < 4.78 is 10.5. The zero-order chi connectivity index (χ0) is 15.4. The summed E-state index contributed by atoms with van der Waals surface area (Å²) in [5.74, 6) is 0.915. The van der Waals surface area contributed by atoms with Crippen LogP contribution in [0.25, 0.3) is 0 Å². The summed E-state index contributed by atoms with van der Waals surface area (Å²) in [5.41, 5.74) is 0.507. The molecule has 2 aliphatic carbocycles. The molecule has 0 spiro atoms. The number of fused-ring (bicyclic) bond motifs is 5. The zero-order valence-electron chi connectivity index (χ0n) is 12.5. The van der Waals surface area contributed by atoms with Crippen LogP contribution in [0.1, 0.15) is 6.42 Å². The Labute approximate surface area is 128 Å². The third-order valence-corrected chi connectivity index (χ3v) is 5.10. The molecule has 0 unspecified atom stereocenters. The van der Waals surface area contributed by atoms with Gasteiger partial charge in [0.25, 0.3) is 0 Å². The topological polar surface area (TPSA) is 55.8 Å². The van der Waals surface area contributed by atoms with E-state index in [0.29, 0.717) is 17.2 Å². The Hall–Kier alpha value is -2.30. The van der Waals surface area contributed by atoms with E-state index in [1.807, 2.05) is 0 Å². The zero-order valence-corrected chi connectivity index (χ0v) is 12.5. The average Bonchev–Trinajstić information content (AvgIpc) is 3.21. The molecule has 2 amide bonds. The highest BCUT2D eigenvalue weighted by Crippen LogP contribution is 2.54. The van der Waals surface area contributed by atoms with Gasteiger partial charge in [-0.25, -0.2) is 4.90 Å². The van der Waals surface area contributed by atoms with E-state index in [1.165, 1.54) is 12.0 Å². The van der Waals surface area contributed by atoms with Crippen molar-refractivity contribution in [2.45, 2.75) is 6.42 Å². The molecule has 3 aliphatic rings. The number of imide groups is 1. The Kier molecular flexibility index (Phi) is 2.79. The number of carbonyl (C=O) groups is 2. The van der Waals surface area contributed by atoms with Gasteiger partial charge in [0.05, 0.1) is 31.7 Å². The van der Waals surface area contributed by atoms with E-state index in [4.69, 9.17) is 9.47 Å². The van der Waals surface area contributed by atoms with Crippen LogP contribution in [0.15, 0.2) is 30.4 Å². The molecule has 2 bridgehead atoms. The molecule has 1 heterocycles. The lowest BCUT2D eigenvalue weighted by Crippen LogP contribution is -2.33. The molecule has 0 aromatic heterocycles. The Bertz CT molecular complexity index is 666. The number of benzene rings is 1. The normalized spacial score (nSPS) is 31.8. The monoisotopic (exact) mass is 299 g/mol. The largest absolute Gasteiger partial charge is 0.497 e. The number of ether oxygens (including phenoxy) is 2. The summed E-state index contributed by atoms with van der Waals surface area (Å²) in [7, 11) is 3.09. The van der Waals surface area contributed by atoms with Gasteiger partial charge in [-0.3, -0.25) is 9.59 Å². The van der Waals surface area contributed by atoms with Crippen molar-refractivity contribution in [2.75, 3.05) is 19.1 Å². The van der Waals surface area contributed by atoms with Gasteiger partial charge < -0.3 is 9.47 Å². The van der Waals surface area contributed by atoms with E-state index in [0.717, 1.165) is 6.42 Å². The number of hydrogen-bond donors (Lipinski definition) is 0. The van der Waals surface area contributed by atoms with Gasteiger partial charge in [0, 0.05) is 6.07 Å². The molecule has 4 atom stereocenters. The summed E-state index contributed by atoms with van der Waals surface area (Å²) in [6.07, 6.45) is 5.11. The summed E-state index contributed by atoms with van der Waals surface area (Å²) >= 11 is 0. The highest BCUT2D eigenvalue weighted by Gasteiger charge is 2.59. The van der Waals surface area contributed by atoms with Gasteiger partial charge in [-0.15, -0.1) is 0 Å². The SMILES string of the molecule is COc1ccc(N2C(=O)[C@@H]3[C@H](C2=O)[C@H]2C=C[C@@H]3C2)c(OC)c1. The number of methoxy groups -OCH3 is 2. The van der Waals surface area contributed by atoms with Gasteiger partial charge >= 0.3 is 0 Å². The Morgan fingerprint density at radius 3 is 2.18 bits per heavy atom. The molecule has 1 saturated carbocycles. The van der Waals surface area contributed by atoms with Crippen molar-refractivity contribution in [1.29, 1.82) is 0 Å². The van der Waals surface area contributed by atoms with Gasteiger partial charge in [0.2, 0.25) is 11.8 Å². The number of hydrogen-bond acceptors (Lipinski definition) is 4. The van der Waals surface area contributed by atoms with Crippen molar-refractivity contribution < 1.29 is 19.1 Å². The lowest BCUT2D eigenvalue weighted by atomic mass is 9.85. The van der Waals surface area contributed by atoms with Crippen LogP contribution in [0.3, 0.4) is 0 Å². The standard InChI is InChI=1S/C17H17NO4/c1-21-11-5-6-12(13(8-11)22-2)18-16(19)14-9-3-4-10(7-9)15(14)17(18)20/h3-6,8-10,14-15H,7H2,1-2H3/t9-,10+,14+,15-. The smallest absolute Gasteiger partial charge is 0.238 e. The fraction of sp³-hybridized carbons (Fsp3) is 0.412. The molecular weight excluding hydrogens is 282 g/mol. The van der Waals surface area contributed by atoms with E-state index < -0.39 is 0 Å². The Morgan fingerprint density at radius 1 is 1.00 bits per heavy atom. The fourth-order valence-corrected chi connectivity index (χ4v) is 4.11. The number of nitrogens with zero attached hydrogens (tertiary/aromatic N) is 1. The van der Waals surface area contributed by atoms with E-state index in [-0.39, 0.29) is 35.5 Å². The molecule has 5 nitrogen and oxygen atoms in total. The lowest BCUT2D eigenvalue weighted by molar-refractivity contribution is -0.123. The second-order valence-electron chi connectivity index (χ2n) is 6.05. The number of allylic oxidation sites excluding steroid dienone is 2. The molecule has 114 valence electrons. The predicted octanol–water partition coefficient (Wildman–Crippen LogP) is 2.02. The van der Waals surface area contributed by atoms with Crippen LogP contribution in [-0.2, 0) is 9.59 Å². The molecule has 5 heteroatoms. The summed E-state index contributed by atoms with van der Waals surface area (Å²) in [6.45, 7) is 0. The molecule has 1 aromatic carbocycles. The van der Waals surface area contributed by atoms with Gasteiger partial charge in [-0.2, -0.15) is 0 Å². The average molecular weight is 299 g/mol. The quantitative estimate of drug-likeness (QED) is 0.633. The molecule has 2 fully saturated rings. The molecule has 1 saturated heterocycles. The first-order chi connectivity index (χ1) is 10.7. The van der Waals surface area contributed by atoms with Crippen LogP contribution in [-0.4, -0.2) is 26.0 Å². The molecule has 1 aromatic rings. The summed E-state index contributed by atoms with van der Waals surface area (Å²) in [6, 6.07) is 5.14. The second kappa shape index (κ2) is 4.60. The van der Waals surface area contributed by atoms with Crippen molar-refractivity contribution in [3.63, 3.8) is 0 Å². The maximum absolute atomic E-state index is 12.8. The molecule has 1 aliphatic heterocycles. The van der Waals surface area contributed by atoms with Crippen LogP contribution in [0.2, 0.25) is 0 Å². The van der Waals surface area contributed by atoms with E-state index in [2.05, 4.69) is 12.2 Å². The van der Waals surface area contributed by atoms with Crippen molar-refractivity contribution in [1.82, 2.24) is 0 Å². The van der Waals surface area contributed by atoms with Gasteiger partial charge in [0.1, 0.15) is 11.5 Å². The second-order valence-corrected chi connectivity index (χ2v) is 6.05. The van der Waals surface area contributed by atoms with E-state index >= 15 is 0 Å². The maximum Gasteiger partial charge on any atom is 0.238 e. The fourth-order valence-electron chi connectivity index (χ4n) is 4.11. The van der Waals surface area contributed by atoms with Gasteiger partial charge in [-0.05, 0) is 30.4 Å². The minimum absolute atomic E-state index is 0.102. The van der Waals surface area contributed by atoms with Crippen molar-refractivity contribution in [3.05, 3.63) is 30.4 Å². The van der Waals surface area contributed by atoms with Crippen LogP contribution in [0.4, 0.5) is 5.69 Å². The van der Waals surface area contributed by atoms with E-state index in [9.17, 15) is 9.59 Å². The Balaban J connectivity index is 1.75. The van der Waals surface area contributed by atoms with Crippen LogP contribution < -0.4 is 14.4 Å². The highest BCUT2D eigenvalue weighted by molar-refractivity contribution is 6.23. The van der Waals surface area contributed by atoms with Crippen LogP contribution in [0, 0.1) is 23.7 Å². The van der Waals surface area contributed by atoms with E-state index in [1.54, 1.807) is 25.3 Å². The maximum atomic E-state index is 12.8. The van der Waals surface area contributed by atoms with Gasteiger partial charge in [-0.1, -0.05) is 12.2 Å². The first-order valence-corrected chi connectivity index (χ1v) is 7.44. The first kappa shape index (κ1) is 13.4. The first-order valence-electron chi connectivity index (χ1n) is 7.44. The molecule has 22 heavy (non-hydrogen) atoms. The van der Waals surface area contributed by atoms with Gasteiger partial charge in [0.15, 0.2) is 0 Å². The number of amides is 2. The number of rotatable bonds is 3. The minimum atomic E-state index is -0.200. The molecule has 4 rings (SSSR count). The third-order valence-electron chi connectivity index (χ3n) is 5.10. The molecular formula is C17H17NO4. The Morgan fingerprint density at radius 2 is 1.64 bits per heavy atom. The van der Waals surface area contributed by atoms with Crippen molar-refractivity contribution >= 4 is 17.5 Å². The predicted molar refractivity (Wildman–Crippen MR) is 79.8 cm³/mol. The minimum Gasteiger partial charge on any atom is -0.497 e. The summed E-state index contributed by atoms with van der Waals surface area (Å²) in [5, 5.41) is 0. The lowest BCUT2D eigenvalue weighted by Gasteiger charge is -2.20. The van der Waals surface area contributed by atoms with Crippen LogP contribution in [0.5, 0.6) is 11.5 Å². The summed E-state index contributed by atoms with van der Waals surface area (Å²) in [4.78, 5) is 26.9. The van der Waals surface area contributed by atoms with Crippen LogP contribution >= 0.6 is 0 Å².